The zero-order valence-corrected chi connectivity index (χ0v) is 14.8. The first-order valence-corrected chi connectivity index (χ1v) is 9.53. The average molecular weight is 309 g/mol. The summed E-state index contributed by atoms with van der Waals surface area (Å²) in [7, 11) is 0. The summed E-state index contributed by atoms with van der Waals surface area (Å²) >= 11 is 0. The van der Waals surface area contributed by atoms with Crippen molar-refractivity contribution in [3.63, 3.8) is 0 Å². The molecule has 0 aromatic heterocycles. The Kier molecular flexibility index (Phi) is 8.55. The van der Waals surface area contributed by atoms with Crippen molar-refractivity contribution in [3.8, 4) is 0 Å². The van der Waals surface area contributed by atoms with Crippen molar-refractivity contribution in [1.29, 1.82) is 0 Å². The highest BCUT2D eigenvalue weighted by Gasteiger charge is 1.96. The number of fused-ring (bicyclic) bond motifs is 1. The van der Waals surface area contributed by atoms with Crippen LogP contribution in [0.5, 0.6) is 0 Å². The molecule has 0 saturated heterocycles. The van der Waals surface area contributed by atoms with Crippen molar-refractivity contribution in [2.45, 2.75) is 71.1 Å². The largest absolute Gasteiger partial charge is 0.0885 e. The molecule has 2 rings (SSSR count). The van der Waals surface area contributed by atoms with E-state index in [9.17, 15) is 0 Å². The number of benzene rings is 2. The number of allylic oxidation sites excluding steroid dienone is 2. The van der Waals surface area contributed by atoms with Crippen molar-refractivity contribution in [1.82, 2.24) is 0 Å². The summed E-state index contributed by atoms with van der Waals surface area (Å²) in [5.41, 5.74) is 1.47. The van der Waals surface area contributed by atoms with E-state index in [0.29, 0.717) is 0 Å². The van der Waals surface area contributed by atoms with E-state index in [1.165, 1.54) is 80.5 Å². The van der Waals surface area contributed by atoms with E-state index >= 15 is 0 Å². The number of rotatable bonds is 11. The van der Waals surface area contributed by atoms with Crippen molar-refractivity contribution >= 4 is 10.8 Å². The van der Waals surface area contributed by atoms with Gasteiger partial charge in [0.15, 0.2) is 0 Å². The van der Waals surface area contributed by atoms with Gasteiger partial charge in [-0.25, -0.2) is 0 Å². The van der Waals surface area contributed by atoms with Crippen LogP contribution in [-0.4, -0.2) is 0 Å². The van der Waals surface area contributed by atoms with Crippen molar-refractivity contribution in [2.24, 2.45) is 0 Å². The van der Waals surface area contributed by atoms with Crippen LogP contribution in [0.2, 0.25) is 0 Å². The third-order valence-electron chi connectivity index (χ3n) is 4.54. The Morgan fingerprint density at radius 1 is 0.696 bits per heavy atom. The smallest absolute Gasteiger partial charge is 0.0181 e. The first kappa shape index (κ1) is 17.8. The Hall–Kier alpha value is -1.56. The molecule has 0 heteroatoms. The fourth-order valence-corrected chi connectivity index (χ4v) is 3.10. The quantitative estimate of drug-likeness (QED) is 0.298. The van der Waals surface area contributed by atoms with Crippen LogP contribution < -0.4 is 0 Å². The third-order valence-corrected chi connectivity index (χ3v) is 4.54. The van der Waals surface area contributed by atoms with E-state index in [1.807, 2.05) is 0 Å². The Bertz CT molecular complexity index is 579. The second-order valence-corrected chi connectivity index (χ2v) is 6.60. The zero-order valence-electron chi connectivity index (χ0n) is 14.8. The molecule has 0 nitrogen and oxygen atoms in total. The van der Waals surface area contributed by atoms with Crippen molar-refractivity contribution in [3.05, 3.63) is 60.2 Å². The highest BCUT2D eigenvalue weighted by atomic mass is 14.0. The maximum atomic E-state index is 2.39. The molecular weight excluding hydrogens is 276 g/mol. The lowest BCUT2D eigenvalue weighted by Gasteiger charge is -2.03. The molecular formula is C23H32. The molecule has 0 N–H and O–H groups in total. The van der Waals surface area contributed by atoms with Crippen LogP contribution in [0.3, 0.4) is 0 Å². The molecule has 0 amide bonds. The van der Waals surface area contributed by atoms with Gasteiger partial charge in [-0.05, 0) is 48.4 Å². The highest BCUT2D eigenvalue weighted by Crippen LogP contribution is 2.17. The highest BCUT2D eigenvalue weighted by molar-refractivity contribution is 5.82. The molecule has 0 spiro atoms. The molecule has 0 bridgehead atoms. The summed E-state index contributed by atoms with van der Waals surface area (Å²) in [5, 5.41) is 2.71. The second-order valence-electron chi connectivity index (χ2n) is 6.60. The standard InChI is InChI=1S/C23H32/c1-2-3-4-5-6-7-8-9-10-11-12-15-21-18-19-22-16-13-14-17-23(22)20-21/h9-10,13-14,16-20H,2-8,11-12,15H2,1H3/b10-9+. The molecule has 0 aliphatic rings. The van der Waals surface area contributed by atoms with Crippen molar-refractivity contribution in [2.75, 3.05) is 0 Å². The number of hydrogen-bond acceptors (Lipinski definition) is 0. The number of unbranched alkanes of at least 4 members (excludes halogenated alkanes) is 7. The van der Waals surface area contributed by atoms with Gasteiger partial charge < -0.3 is 0 Å². The maximum absolute atomic E-state index is 2.39. The van der Waals surface area contributed by atoms with Crippen LogP contribution in [0.4, 0.5) is 0 Å². The third kappa shape index (κ3) is 7.03. The average Bonchev–Trinajstić information content (AvgIpc) is 2.59. The van der Waals surface area contributed by atoms with E-state index in [0.717, 1.165) is 0 Å². The summed E-state index contributed by atoms with van der Waals surface area (Å²) < 4.78 is 0. The SMILES string of the molecule is CCCCCCCC/C=C/CCCc1ccc2ccccc2c1. The molecule has 0 aliphatic carbocycles. The second kappa shape index (κ2) is 11.0. The van der Waals surface area contributed by atoms with Gasteiger partial charge in [0.2, 0.25) is 0 Å². The molecule has 23 heavy (non-hydrogen) atoms. The van der Waals surface area contributed by atoms with E-state index in [-0.39, 0.29) is 0 Å². The molecule has 0 fully saturated rings. The lowest BCUT2D eigenvalue weighted by molar-refractivity contribution is 0.611. The molecule has 0 atom stereocenters. The van der Waals surface area contributed by atoms with Gasteiger partial charge in [0, 0.05) is 0 Å². The van der Waals surface area contributed by atoms with E-state index in [4.69, 9.17) is 0 Å². The summed E-state index contributed by atoms with van der Waals surface area (Å²) in [6.45, 7) is 2.28. The zero-order chi connectivity index (χ0) is 16.2. The molecule has 2 aromatic rings. The minimum atomic E-state index is 1.19. The molecule has 0 aliphatic heterocycles. The van der Waals surface area contributed by atoms with E-state index < -0.39 is 0 Å². The predicted molar refractivity (Wildman–Crippen MR) is 104 cm³/mol. The van der Waals surface area contributed by atoms with E-state index in [2.05, 4.69) is 61.5 Å². The number of hydrogen-bond donors (Lipinski definition) is 0. The van der Waals surface area contributed by atoms with Crippen LogP contribution >= 0.6 is 0 Å². The van der Waals surface area contributed by atoms with Gasteiger partial charge in [0.1, 0.15) is 0 Å². The Morgan fingerprint density at radius 2 is 1.39 bits per heavy atom. The van der Waals surface area contributed by atoms with Crippen LogP contribution in [0, 0.1) is 0 Å². The normalized spacial score (nSPS) is 11.5. The first-order chi connectivity index (χ1) is 11.4. The van der Waals surface area contributed by atoms with Gasteiger partial charge >= 0.3 is 0 Å². The summed E-state index contributed by atoms with van der Waals surface area (Å²) in [6, 6.07) is 15.5. The Morgan fingerprint density at radius 3 is 2.22 bits per heavy atom. The fraction of sp³-hybridized carbons (Fsp3) is 0.478. The topological polar surface area (TPSA) is 0 Å². The summed E-state index contributed by atoms with van der Waals surface area (Å²) in [6.07, 6.45) is 18.1. The fourth-order valence-electron chi connectivity index (χ4n) is 3.10. The lowest BCUT2D eigenvalue weighted by Crippen LogP contribution is -1.85. The molecule has 0 heterocycles. The van der Waals surface area contributed by atoms with Gasteiger partial charge in [-0.1, -0.05) is 93.6 Å². The molecule has 124 valence electrons. The Labute approximate surface area is 142 Å². The minimum absolute atomic E-state index is 1.19. The van der Waals surface area contributed by atoms with Crippen LogP contribution in [0.25, 0.3) is 10.8 Å². The van der Waals surface area contributed by atoms with Gasteiger partial charge in [-0.15, -0.1) is 0 Å². The van der Waals surface area contributed by atoms with Gasteiger partial charge in [-0.2, -0.15) is 0 Å². The van der Waals surface area contributed by atoms with Gasteiger partial charge in [0.25, 0.3) is 0 Å². The first-order valence-electron chi connectivity index (χ1n) is 9.53. The molecule has 0 saturated carbocycles. The molecule has 2 aromatic carbocycles. The van der Waals surface area contributed by atoms with Crippen molar-refractivity contribution < 1.29 is 0 Å². The number of aryl methyl sites for hydroxylation is 1. The lowest BCUT2D eigenvalue weighted by atomic mass is 10.0. The predicted octanol–water partition coefficient (Wildman–Crippen LogP) is 7.47. The van der Waals surface area contributed by atoms with E-state index in [1.54, 1.807) is 0 Å². The summed E-state index contributed by atoms with van der Waals surface area (Å²) in [4.78, 5) is 0. The van der Waals surface area contributed by atoms with Gasteiger partial charge in [-0.3, -0.25) is 0 Å². The Balaban J connectivity index is 1.56. The molecule has 0 unspecified atom stereocenters. The maximum Gasteiger partial charge on any atom is -0.0181 e. The summed E-state index contributed by atoms with van der Waals surface area (Å²) in [5.74, 6) is 0. The minimum Gasteiger partial charge on any atom is -0.0885 e. The monoisotopic (exact) mass is 308 g/mol. The van der Waals surface area contributed by atoms with Crippen LogP contribution in [0.1, 0.15) is 70.3 Å². The van der Waals surface area contributed by atoms with Gasteiger partial charge in [0.05, 0.1) is 0 Å². The van der Waals surface area contributed by atoms with Crippen LogP contribution in [-0.2, 0) is 6.42 Å². The molecule has 0 radical (unpaired) electrons. The van der Waals surface area contributed by atoms with Crippen LogP contribution in [0.15, 0.2) is 54.6 Å².